The average molecular weight is 370 g/mol. The first-order valence-electron chi connectivity index (χ1n) is 7.60. The van der Waals surface area contributed by atoms with Crippen molar-refractivity contribution in [1.82, 2.24) is 14.4 Å². The molecule has 124 valence electrons. The molecule has 0 unspecified atom stereocenters. The van der Waals surface area contributed by atoms with E-state index < -0.39 is 0 Å². The number of benzene rings is 2. The molecule has 4 aromatic rings. The van der Waals surface area contributed by atoms with E-state index in [4.69, 9.17) is 11.6 Å². The van der Waals surface area contributed by atoms with Crippen molar-refractivity contribution in [3.63, 3.8) is 0 Å². The molecule has 25 heavy (non-hydrogen) atoms. The minimum Gasteiger partial charge on any atom is -0.283 e. The van der Waals surface area contributed by atoms with Gasteiger partial charge in [0, 0.05) is 28.4 Å². The van der Waals surface area contributed by atoms with Crippen LogP contribution in [0.25, 0.3) is 28.3 Å². The molecular weight excluding hydrogens is 357 g/mol. The zero-order valence-corrected chi connectivity index (χ0v) is 14.9. The molecule has 0 radical (unpaired) electrons. The highest BCUT2D eigenvalue weighted by Gasteiger charge is 2.17. The molecule has 0 saturated carbocycles. The van der Waals surface area contributed by atoms with Crippen LogP contribution in [0.2, 0.25) is 5.02 Å². The highest BCUT2D eigenvalue weighted by molar-refractivity contribution is 7.98. The summed E-state index contributed by atoms with van der Waals surface area (Å²) in [5.41, 5.74) is 3.38. The van der Waals surface area contributed by atoms with E-state index in [1.165, 1.54) is 12.1 Å². The van der Waals surface area contributed by atoms with Gasteiger partial charge in [-0.25, -0.2) is 14.4 Å². The largest absolute Gasteiger partial charge is 0.283 e. The van der Waals surface area contributed by atoms with Gasteiger partial charge in [0.1, 0.15) is 5.82 Å². The minimum absolute atomic E-state index is 0.278. The smallest absolute Gasteiger partial charge is 0.234 e. The van der Waals surface area contributed by atoms with Gasteiger partial charge in [0.05, 0.1) is 16.4 Å². The van der Waals surface area contributed by atoms with Gasteiger partial charge in [0.15, 0.2) is 0 Å². The van der Waals surface area contributed by atoms with Crippen LogP contribution in [0, 0.1) is 5.82 Å². The highest BCUT2D eigenvalue weighted by atomic mass is 35.5. The molecule has 0 atom stereocenters. The Kier molecular flexibility index (Phi) is 4.19. The highest BCUT2D eigenvalue weighted by Crippen LogP contribution is 2.36. The van der Waals surface area contributed by atoms with Crippen molar-refractivity contribution < 1.29 is 4.39 Å². The quantitative estimate of drug-likeness (QED) is 0.442. The lowest BCUT2D eigenvalue weighted by Gasteiger charge is -2.08. The topological polar surface area (TPSA) is 30.2 Å². The summed E-state index contributed by atoms with van der Waals surface area (Å²) in [4.78, 5) is 9.98. The molecule has 0 aliphatic rings. The molecule has 6 heteroatoms. The van der Waals surface area contributed by atoms with Crippen molar-refractivity contribution in [2.24, 2.45) is 0 Å². The molecule has 0 saturated heterocycles. The molecule has 3 nitrogen and oxygen atoms in total. The monoisotopic (exact) mass is 369 g/mol. The SMILES string of the molecule is CSc1ccc(-c2c(-c3ccc(F)cc3)nc3ncccn23)cc1Cl. The average Bonchev–Trinajstić information content (AvgIpc) is 3.01. The zero-order chi connectivity index (χ0) is 17.4. The first kappa shape index (κ1) is 16.1. The van der Waals surface area contributed by atoms with Crippen molar-refractivity contribution in [2.45, 2.75) is 4.90 Å². The van der Waals surface area contributed by atoms with E-state index in [0.717, 1.165) is 27.4 Å². The van der Waals surface area contributed by atoms with E-state index in [1.807, 2.05) is 41.1 Å². The Bertz CT molecular complexity index is 1060. The van der Waals surface area contributed by atoms with Gasteiger partial charge in [-0.1, -0.05) is 17.7 Å². The molecule has 0 aliphatic carbocycles. The molecule has 2 heterocycles. The van der Waals surface area contributed by atoms with Crippen LogP contribution in [0.15, 0.2) is 65.8 Å². The number of fused-ring (bicyclic) bond motifs is 1. The van der Waals surface area contributed by atoms with E-state index in [1.54, 1.807) is 30.1 Å². The maximum absolute atomic E-state index is 13.3. The number of rotatable bonds is 3. The van der Waals surface area contributed by atoms with Gasteiger partial charge in [-0.2, -0.15) is 0 Å². The lowest BCUT2D eigenvalue weighted by atomic mass is 10.0. The second-order valence-electron chi connectivity index (χ2n) is 5.45. The molecule has 4 rings (SSSR count). The van der Waals surface area contributed by atoms with E-state index in [9.17, 15) is 4.39 Å². The van der Waals surface area contributed by atoms with Crippen molar-refractivity contribution in [3.05, 3.63) is 71.8 Å². The Morgan fingerprint density at radius 2 is 1.84 bits per heavy atom. The summed E-state index contributed by atoms with van der Waals surface area (Å²) in [6.07, 6.45) is 5.60. The first-order valence-corrected chi connectivity index (χ1v) is 9.20. The van der Waals surface area contributed by atoms with Crippen molar-refractivity contribution >= 4 is 29.1 Å². The molecule has 0 amide bonds. The fourth-order valence-corrected chi connectivity index (χ4v) is 3.66. The van der Waals surface area contributed by atoms with Gasteiger partial charge < -0.3 is 0 Å². The van der Waals surface area contributed by atoms with Crippen LogP contribution in [-0.2, 0) is 0 Å². The maximum Gasteiger partial charge on any atom is 0.234 e. The Labute approximate surface area is 153 Å². The van der Waals surface area contributed by atoms with E-state index in [2.05, 4.69) is 9.97 Å². The van der Waals surface area contributed by atoms with Crippen LogP contribution in [-0.4, -0.2) is 20.6 Å². The molecule has 0 fully saturated rings. The third-order valence-corrected chi connectivity index (χ3v) is 5.17. The molecule has 0 spiro atoms. The third kappa shape index (κ3) is 2.90. The van der Waals surface area contributed by atoms with Crippen molar-refractivity contribution in [2.75, 3.05) is 6.26 Å². The summed E-state index contributed by atoms with van der Waals surface area (Å²) in [6, 6.07) is 14.1. The van der Waals surface area contributed by atoms with Gasteiger partial charge in [0.25, 0.3) is 0 Å². The minimum atomic E-state index is -0.278. The summed E-state index contributed by atoms with van der Waals surface area (Å²) in [7, 11) is 0. The van der Waals surface area contributed by atoms with Crippen molar-refractivity contribution in [1.29, 1.82) is 0 Å². The predicted molar refractivity (Wildman–Crippen MR) is 101 cm³/mol. The molecule has 0 aliphatic heterocycles. The standard InChI is InChI=1S/C19H13ClFN3S/c1-25-16-8-5-13(11-15(16)20)18-17(12-3-6-14(21)7-4-12)23-19-22-9-2-10-24(18)19/h2-11H,1H3. The summed E-state index contributed by atoms with van der Waals surface area (Å²) < 4.78 is 15.2. The van der Waals surface area contributed by atoms with Gasteiger partial charge in [-0.05, 0) is 48.7 Å². The lowest BCUT2D eigenvalue weighted by Crippen LogP contribution is -1.91. The summed E-state index contributed by atoms with van der Waals surface area (Å²) >= 11 is 8.00. The third-order valence-electron chi connectivity index (χ3n) is 3.95. The molecule has 2 aromatic carbocycles. The van der Waals surface area contributed by atoms with Gasteiger partial charge in [-0.3, -0.25) is 4.40 Å². The van der Waals surface area contributed by atoms with E-state index >= 15 is 0 Å². The Morgan fingerprint density at radius 1 is 1.08 bits per heavy atom. The molecule has 0 bridgehead atoms. The Hall–Kier alpha value is -2.37. The number of hydrogen-bond acceptors (Lipinski definition) is 3. The first-order chi connectivity index (χ1) is 12.2. The fraction of sp³-hybridized carbons (Fsp3) is 0.0526. The van der Waals surface area contributed by atoms with Gasteiger partial charge in [0.2, 0.25) is 5.78 Å². The number of imidazole rings is 1. The van der Waals surface area contributed by atoms with Gasteiger partial charge in [-0.15, -0.1) is 11.8 Å². The zero-order valence-electron chi connectivity index (χ0n) is 13.3. The molecule has 2 aromatic heterocycles. The van der Waals surface area contributed by atoms with E-state index in [0.29, 0.717) is 10.8 Å². The Morgan fingerprint density at radius 3 is 2.56 bits per heavy atom. The Balaban J connectivity index is 1.99. The van der Waals surface area contributed by atoms with Crippen LogP contribution in [0.1, 0.15) is 0 Å². The van der Waals surface area contributed by atoms with Crippen LogP contribution in [0.5, 0.6) is 0 Å². The summed E-state index contributed by atoms with van der Waals surface area (Å²) in [5, 5.41) is 0.689. The second kappa shape index (κ2) is 6.50. The fourth-order valence-electron chi connectivity index (χ4n) is 2.79. The summed E-state index contributed by atoms with van der Waals surface area (Å²) in [5.74, 6) is 0.307. The van der Waals surface area contributed by atoms with E-state index in [-0.39, 0.29) is 5.82 Å². The molecular formula is C19H13ClFN3S. The number of nitrogens with zero attached hydrogens (tertiary/aromatic N) is 3. The maximum atomic E-state index is 13.3. The molecule has 0 N–H and O–H groups in total. The predicted octanol–water partition coefficient (Wildman–Crippen LogP) is 5.58. The second-order valence-corrected chi connectivity index (χ2v) is 6.71. The number of thioether (sulfide) groups is 1. The van der Waals surface area contributed by atoms with Crippen molar-refractivity contribution in [3.8, 4) is 22.5 Å². The van der Waals surface area contributed by atoms with Crippen LogP contribution in [0.4, 0.5) is 4.39 Å². The number of halogens is 2. The number of aromatic nitrogens is 3. The van der Waals surface area contributed by atoms with Crippen LogP contribution >= 0.6 is 23.4 Å². The normalized spacial score (nSPS) is 11.2. The lowest BCUT2D eigenvalue weighted by molar-refractivity contribution is 0.628. The number of hydrogen-bond donors (Lipinski definition) is 0. The van der Waals surface area contributed by atoms with Gasteiger partial charge >= 0.3 is 0 Å². The van der Waals surface area contributed by atoms with Crippen LogP contribution < -0.4 is 0 Å². The van der Waals surface area contributed by atoms with Crippen LogP contribution in [0.3, 0.4) is 0 Å². The summed E-state index contributed by atoms with van der Waals surface area (Å²) in [6.45, 7) is 0.